The molecule has 29 heavy (non-hydrogen) atoms. The van der Waals surface area contributed by atoms with Crippen LogP contribution in [0.4, 0.5) is 42.1 Å². The van der Waals surface area contributed by atoms with Gasteiger partial charge in [0.15, 0.2) is 0 Å². The fraction of sp³-hybridized carbons (Fsp3) is 0.100. The summed E-state index contributed by atoms with van der Waals surface area (Å²) in [5.41, 5.74) is 6.96. The van der Waals surface area contributed by atoms with Crippen molar-refractivity contribution in [3.05, 3.63) is 71.5 Å². The summed E-state index contributed by atoms with van der Waals surface area (Å²) >= 11 is 0. The number of hydrogen-bond donors (Lipinski definition) is 2. The third kappa shape index (κ3) is 4.28. The summed E-state index contributed by atoms with van der Waals surface area (Å²) in [4.78, 5) is 0. The van der Waals surface area contributed by atoms with Crippen molar-refractivity contribution in [3.8, 4) is 22.3 Å². The number of benzene rings is 3. The van der Waals surface area contributed by atoms with Crippen molar-refractivity contribution in [1.29, 1.82) is 0 Å². The van der Waals surface area contributed by atoms with Crippen LogP contribution in [0.1, 0.15) is 11.1 Å². The first-order chi connectivity index (χ1) is 13.4. The molecule has 4 N–H and O–H groups in total. The third-order valence-electron chi connectivity index (χ3n) is 4.22. The van der Waals surface area contributed by atoms with Crippen LogP contribution in [-0.2, 0) is 12.4 Å². The van der Waals surface area contributed by atoms with Crippen LogP contribution in [-0.4, -0.2) is 0 Å². The van der Waals surface area contributed by atoms with E-state index in [0.29, 0.717) is 18.2 Å². The van der Waals surface area contributed by atoms with Crippen molar-refractivity contribution in [2.24, 2.45) is 0 Å². The Kier molecular flexibility index (Phi) is 4.94. The molecule has 0 aliphatic heterocycles. The van der Waals surface area contributed by atoms with E-state index in [4.69, 9.17) is 11.5 Å². The quantitative estimate of drug-likeness (QED) is 0.379. The van der Waals surface area contributed by atoms with Crippen molar-refractivity contribution in [2.45, 2.75) is 12.4 Å². The number of nitrogen functional groups attached to an aromatic ring is 2. The van der Waals surface area contributed by atoms with E-state index in [0.717, 1.165) is 30.3 Å². The molecular weight excluding hydrogens is 401 g/mol. The highest BCUT2D eigenvalue weighted by Gasteiger charge is 2.36. The zero-order chi connectivity index (χ0) is 21.6. The Balaban J connectivity index is 2.31. The Bertz CT molecular complexity index is 1070. The first-order valence-corrected chi connectivity index (χ1v) is 8.11. The number of anilines is 2. The normalized spacial score (nSPS) is 12.2. The number of nitrogens with two attached hydrogens (primary N) is 2. The highest BCUT2D eigenvalue weighted by molar-refractivity contribution is 5.78. The molecule has 0 fully saturated rings. The maximum absolute atomic E-state index is 14.3. The molecule has 0 bridgehead atoms. The van der Waals surface area contributed by atoms with Gasteiger partial charge in [-0.1, -0.05) is 6.07 Å². The molecule has 0 aromatic heterocycles. The van der Waals surface area contributed by atoms with E-state index in [9.17, 15) is 30.7 Å². The van der Waals surface area contributed by atoms with Crippen molar-refractivity contribution < 1.29 is 30.7 Å². The van der Waals surface area contributed by atoms with E-state index in [1.54, 1.807) is 0 Å². The number of rotatable bonds is 2. The van der Waals surface area contributed by atoms with Gasteiger partial charge in [-0.25, -0.2) is 4.39 Å². The Labute approximate surface area is 160 Å². The highest BCUT2D eigenvalue weighted by atomic mass is 19.4. The van der Waals surface area contributed by atoms with Crippen LogP contribution in [0.25, 0.3) is 22.3 Å². The van der Waals surface area contributed by atoms with Gasteiger partial charge < -0.3 is 11.5 Å². The number of alkyl halides is 6. The fourth-order valence-corrected chi connectivity index (χ4v) is 2.92. The Morgan fingerprint density at radius 1 is 0.586 bits per heavy atom. The lowest BCUT2D eigenvalue weighted by atomic mass is 9.92. The van der Waals surface area contributed by atoms with Crippen LogP contribution >= 0.6 is 0 Å². The van der Waals surface area contributed by atoms with E-state index in [1.165, 1.54) is 6.07 Å². The van der Waals surface area contributed by atoms with E-state index >= 15 is 0 Å². The second-order valence-corrected chi connectivity index (χ2v) is 6.34. The molecule has 0 heterocycles. The molecule has 0 amide bonds. The van der Waals surface area contributed by atoms with E-state index < -0.39 is 34.9 Å². The Morgan fingerprint density at radius 3 is 1.62 bits per heavy atom. The minimum absolute atomic E-state index is 0.0522. The molecule has 0 radical (unpaired) electrons. The first kappa shape index (κ1) is 20.5. The molecule has 9 heteroatoms. The van der Waals surface area contributed by atoms with Gasteiger partial charge in [0.25, 0.3) is 0 Å². The molecule has 0 saturated heterocycles. The SMILES string of the molecule is Nc1ccc(-c2cc(-c3ccc(N)cc3C(F)(F)F)cc(C(F)(F)F)c2)c(F)c1. The summed E-state index contributed by atoms with van der Waals surface area (Å²) in [5.74, 6) is -0.899. The van der Waals surface area contributed by atoms with Gasteiger partial charge in [0, 0.05) is 16.9 Å². The van der Waals surface area contributed by atoms with Crippen molar-refractivity contribution in [2.75, 3.05) is 11.5 Å². The summed E-state index contributed by atoms with van der Waals surface area (Å²) < 4.78 is 94.7. The maximum atomic E-state index is 14.3. The lowest BCUT2D eigenvalue weighted by Crippen LogP contribution is -2.09. The maximum Gasteiger partial charge on any atom is 0.417 e. The molecule has 0 spiro atoms. The van der Waals surface area contributed by atoms with Gasteiger partial charge in [-0.3, -0.25) is 0 Å². The van der Waals surface area contributed by atoms with Gasteiger partial charge in [-0.15, -0.1) is 0 Å². The molecule has 0 aliphatic carbocycles. The Morgan fingerprint density at radius 2 is 1.10 bits per heavy atom. The van der Waals surface area contributed by atoms with Gasteiger partial charge in [0.1, 0.15) is 5.82 Å². The standard InChI is InChI=1S/C20H13F7N2/c21-18-9-14(29)2-4-16(18)11-5-10(6-12(7-11)19(22,23)24)15-3-1-13(28)8-17(15)20(25,26)27/h1-9H,28-29H2. The van der Waals surface area contributed by atoms with Crippen LogP contribution in [0.15, 0.2) is 54.6 Å². The van der Waals surface area contributed by atoms with E-state index in [-0.39, 0.29) is 28.1 Å². The molecule has 3 rings (SSSR count). The van der Waals surface area contributed by atoms with Crippen LogP contribution in [0.2, 0.25) is 0 Å². The first-order valence-electron chi connectivity index (χ1n) is 8.11. The van der Waals surface area contributed by atoms with Gasteiger partial charge >= 0.3 is 12.4 Å². The third-order valence-corrected chi connectivity index (χ3v) is 4.22. The molecule has 2 nitrogen and oxygen atoms in total. The lowest BCUT2D eigenvalue weighted by Gasteiger charge is -2.17. The molecule has 3 aromatic carbocycles. The minimum Gasteiger partial charge on any atom is -0.399 e. The van der Waals surface area contributed by atoms with Gasteiger partial charge in [0.05, 0.1) is 11.1 Å². The van der Waals surface area contributed by atoms with Crippen molar-refractivity contribution in [3.63, 3.8) is 0 Å². The summed E-state index contributed by atoms with van der Waals surface area (Å²) in [6, 6.07) is 8.44. The van der Waals surface area contributed by atoms with Gasteiger partial charge in [-0.05, 0) is 65.2 Å². The molecule has 0 atom stereocenters. The molecule has 3 aromatic rings. The molecule has 0 aliphatic rings. The fourth-order valence-electron chi connectivity index (χ4n) is 2.92. The molecular formula is C20H13F7N2. The zero-order valence-corrected chi connectivity index (χ0v) is 14.5. The average Bonchev–Trinajstić information content (AvgIpc) is 2.59. The predicted molar refractivity (Wildman–Crippen MR) is 96.1 cm³/mol. The summed E-state index contributed by atoms with van der Waals surface area (Å²) in [6.07, 6.45) is -9.72. The second-order valence-electron chi connectivity index (χ2n) is 6.34. The number of hydrogen-bond acceptors (Lipinski definition) is 2. The van der Waals surface area contributed by atoms with Crippen molar-refractivity contribution in [1.82, 2.24) is 0 Å². The van der Waals surface area contributed by atoms with E-state index in [2.05, 4.69) is 0 Å². The summed E-state index contributed by atoms with van der Waals surface area (Å²) in [5, 5.41) is 0. The highest BCUT2D eigenvalue weighted by Crippen LogP contribution is 2.42. The Hall–Kier alpha value is -3.23. The van der Waals surface area contributed by atoms with Gasteiger partial charge in [0.2, 0.25) is 0 Å². The van der Waals surface area contributed by atoms with Crippen LogP contribution in [0, 0.1) is 5.82 Å². The largest absolute Gasteiger partial charge is 0.417 e. The smallest absolute Gasteiger partial charge is 0.399 e. The number of halogens is 7. The zero-order valence-electron chi connectivity index (χ0n) is 14.5. The van der Waals surface area contributed by atoms with Crippen molar-refractivity contribution >= 4 is 11.4 Å². The molecule has 152 valence electrons. The van der Waals surface area contributed by atoms with Crippen LogP contribution < -0.4 is 11.5 Å². The average molecular weight is 414 g/mol. The monoisotopic (exact) mass is 414 g/mol. The summed E-state index contributed by atoms with van der Waals surface area (Å²) in [7, 11) is 0. The molecule has 0 unspecified atom stereocenters. The van der Waals surface area contributed by atoms with Crippen LogP contribution in [0.5, 0.6) is 0 Å². The predicted octanol–water partition coefficient (Wildman–Crippen LogP) is 6.36. The van der Waals surface area contributed by atoms with Crippen LogP contribution in [0.3, 0.4) is 0 Å². The summed E-state index contributed by atoms with van der Waals surface area (Å²) in [6.45, 7) is 0. The topological polar surface area (TPSA) is 52.0 Å². The van der Waals surface area contributed by atoms with E-state index in [1.807, 2.05) is 0 Å². The lowest BCUT2D eigenvalue weighted by molar-refractivity contribution is -0.137. The van der Waals surface area contributed by atoms with Gasteiger partial charge in [-0.2, -0.15) is 26.3 Å². The second kappa shape index (κ2) is 6.98. The minimum atomic E-state index is -4.86. The molecule has 0 saturated carbocycles.